The number of nitrogens with one attached hydrogen (secondary N) is 1. The third-order valence-electron chi connectivity index (χ3n) is 2.54. The molecule has 4 nitrogen and oxygen atoms in total. The molecule has 1 heterocycles. The standard InChI is InChI=1S/C15H22N2O2S/c1-2-3-11-19-12-5-10-17-15(18)14-8-7-13(20-14)6-4-9-16/h7-8H,2-3,5,9-12,16H2,1H3,(H,17,18). The van der Waals surface area contributed by atoms with Gasteiger partial charge in [0.15, 0.2) is 0 Å². The van der Waals surface area contributed by atoms with E-state index in [4.69, 9.17) is 10.5 Å². The summed E-state index contributed by atoms with van der Waals surface area (Å²) in [4.78, 5) is 13.4. The summed E-state index contributed by atoms with van der Waals surface area (Å²) in [7, 11) is 0. The number of hydrogen-bond acceptors (Lipinski definition) is 4. The number of carbonyl (C=O) groups is 1. The highest BCUT2D eigenvalue weighted by atomic mass is 32.1. The van der Waals surface area contributed by atoms with Crippen LogP contribution < -0.4 is 11.1 Å². The monoisotopic (exact) mass is 294 g/mol. The first-order chi connectivity index (χ1) is 9.77. The van der Waals surface area contributed by atoms with Crippen molar-refractivity contribution in [1.82, 2.24) is 5.32 Å². The zero-order valence-corrected chi connectivity index (χ0v) is 12.7. The van der Waals surface area contributed by atoms with Crippen molar-refractivity contribution in [2.24, 2.45) is 5.73 Å². The van der Waals surface area contributed by atoms with Gasteiger partial charge < -0.3 is 15.8 Å². The Kier molecular flexibility index (Phi) is 8.72. The van der Waals surface area contributed by atoms with Crippen molar-refractivity contribution < 1.29 is 9.53 Å². The molecule has 0 aliphatic heterocycles. The van der Waals surface area contributed by atoms with Gasteiger partial charge in [-0.2, -0.15) is 0 Å². The van der Waals surface area contributed by atoms with Crippen molar-refractivity contribution in [3.8, 4) is 11.8 Å². The molecule has 1 aromatic rings. The first-order valence-corrected chi connectivity index (χ1v) is 7.74. The minimum atomic E-state index is -0.0515. The molecule has 0 saturated carbocycles. The molecule has 0 unspecified atom stereocenters. The van der Waals surface area contributed by atoms with Crippen molar-refractivity contribution in [2.45, 2.75) is 26.2 Å². The van der Waals surface area contributed by atoms with E-state index in [0.29, 0.717) is 24.6 Å². The predicted molar refractivity (Wildman–Crippen MR) is 82.9 cm³/mol. The summed E-state index contributed by atoms with van der Waals surface area (Å²) in [6.07, 6.45) is 3.07. The number of amides is 1. The molecule has 0 fully saturated rings. The molecule has 5 heteroatoms. The van der Waals surface area contributed by atoms with Gasteiger partial charge in [0.1, 0.15) is 0 Å². The Morgan fingerprint density at radius 2 is 2.20 bits per heavy atom. The summed E-state index contributed by atoms with van der Waals surface area (Å²) in [6, 6.07) is 3.63. The molecule has 110 valence electrons. The van der Waals surface area contributed by atoms with Crippen LogP contribution in [0.2, 0.25) is 0 Å². The van der Waals surface area contributed by atoms with Gasteiger partial charge in [-0.3, -0.25) is 4.79 Å². The van der Waals surface area contributed by atoms with E-state index in [-0.39, 0.29) is 5.91 Å². The van der Waals surface area contributed by atoms with Crippen molar-refractivity contribution in [1.29, 1.82) is 0 Å². The van der Waals surface area contributed by atoms with Crippen LogP contribution in [0.3, 0.4) is 0 Å². The first kappa shape index (κ1) is 16.7. The lowest BCUT2D eigenvalue weighted by Crippen LogP contribution is -2.24. The van der Waals surface area contributed by atoms with Crippen LogP contribution >= 0.6 is 11.3 Å². The Morgan fingerprint density at radius 3 is 2.95 bits per heavy atom. The molecule has 0 bridgehead atoms. The van der Waals surface area contributed by atoms with Crippen LogP contribution in [0.4, 0.5) is 0 Å². The summed E-state index contributed by atoms with van der Waals surface area (Å²) in [5.41, 5.74) is 5.31. The minimum Gasteiger partial charge on any atom is -0.381 e. The van der Waals surface area contributed by atoms with Crippen LogP contribution in [0.15, 0.2) is 12.1 Å². The molecule has 0 aliphatic rings. The Labute approximate surface area is 124 Å². The Hall–Kier alpha value is -1.35. The largest absolute Gasteiger partial charge is 0.381 e. The van der Waals surface area contributed by atoms with Crippen LogP contribution in [0.1, 0.15) is 40.7 Å². The minimum absolute atomic E-state index is 0.0515. The third-order valence-corrected chi connectivity index (χ3v) is 3.54. The molecule has 0 spiro atoms. The summed E-state index contributed by atoms with van der Waals surface area (Å²) >= 11 is 1.38. The second kappa shape index (κ2) is 10.4. The number of unbranched alkanes of at least 4 members (excludes halogenated alkanes) is 1. The highest BCUT2D eigenvalue weighted by Gasteiger charge is 2.07. The summed E-state index contributed by atoms with van der Waals surface area (Å²) in [6.45, 7) is 4.59. The Balaban J connectivity index is 2.20. The second-order valence-electron chi connectivity index (χ2n) is 4.25. The van der Waals surface area contributed by atoms with E-state index < -0.39 is 0 Å². The average Bonchev–Trinajstić information content (AvgIpc) is 2.93. The highest BCUT2D eigenvalue weighted by Crippen LogP contribution is 2.14. The molecule has 1 rings (SSSR count). The molecule has 20 heavy (non-hydrogen) atoms. The van der Waals surface area contributed by atoms with Crippen LogP contribution in [0.25, 0.3) is 0 Å². The first-order valence-electron chi connectivity index (χ1n) is 6.92. The average molecular weight is 294 g/mol. The Bertz CT molecular complexity index is 460. The Morgan fingerprint density at radius 1 is 1.40 bits per heavy atom. The van der Waals surface area contributed by atoms with Gasteiger partial charge in [0.05, 0.1) is 16.3 Å². The zero-order valence-electron chi connectivity index (χ0n) is 11.9. The number of thiophene rings is 1. The lowest BCUT2D eigenvalue weighted by atomic mass is 10.3. The number of nitrogens with two attached hydrogens (primary N) is 1. The lowest BCUT2D eigenvalue weighted by Gasteiger charge is -2.04. The molecule has 0 aliphatic carbocycles. The predicted octanol–water partition coefficient (Wildman–Crippen LogP) is 1.99. The number of carbonyl (C=O) groups excluding carboxylic acids is 1. The van der Waals surface area contributed by atoms with E-state index in [9.17, 15) is 4.79 Å². The maximum atomic E-state index is 11.9. The van der Waals surface area contributed by atoms with Gasteiger partial charge >= 0.3 is 0 Å². The smallest absolute Gasteiger partial charge is 0.261 e. The fourth-order valence-electron chi connectivity index (χ4n) is 1.48. The lowest BCUT2D eigenvalue weighted by molar-refractivity contribution is 0.0944. The van der Waals surface area contributed by atoms with Crippen LogP contribution in [-0.2, 0) is 4.74 Å². The summed E-state index contributed by atoms with van der Waals surface area (Å²) in [5, 5.41) is 2.88. The quantitative estimate of drug-likeness (QED) is 0.569. The zero-order chi connectivity index (χ0) is 14.6. The highest BCUT2D eigenvalue weighted by molar-refractivity contribution is 7.14. The summed E-state index contributed by atoms with van der Waals surface area (Å²) < 4.78 is 5.43. The van der Waals surface area contributed by atoms with E-state index in [1.165, 1.54) is 11.3 Å². The van der Waals surface area contributed by atoms with Gasteiger partial charge in [-0.05, 0) is 25.0 Å². The van der Waals surface area contributed by atoms with Gasteiger partial charge in [-0.25, -0.2) is 0 Å². The van der Waals surface area contributed by atoms with E-state index in [1.54, 1.807) is 6.07 Å². The van der Waals surface area contributed by atoms with Crippen LogP contribution in [0.5, 0.6) is 0 Å². The normalized spacial score (nSPS) is 9.90. The van der Waals surface area contributed by atoms with E-state index in [1.807, 2.05) is 6.07 Å². The van der Waals surface area contributed by atoms with Crippen molar-refractivity contribution in [3.05, 3.63) is 21.9 Å². The number of rotatable bonds is 8. The molecule has 3 N–H and O–H groups in total. The van der Waals surface area contributed by atoms with E-state index >= 15 is 0 Å². The molecule has 1 aromatic heterocycles. The topological polar surface area (TPSA) is 64.3 Å². The van der Waals surface area contributed by atoms with Crippen molar-refractivity contribution >= 4 is 17.2 Å². The van der Waals surface area contributed by atoms with Gasteiger partial charge in [0.2, 0.25) is 0 Å². The third kappa shape index (κ3) is 6.71. The van der Waals surface area contributed by atoms with Crippen molar-refractivity contribution in [2.75, 3.05) is 26.3 Å². The van der Waals surface area contributed by atoms with E-state index in [2.05, 4.69) is 24.1 Å². The molecule has 0 radical (unpaired) electrons. The summed E-state index contributed by atoms with van der Waals surface area (Å²) in [5.74, 6) is 5.64. The van der Waals surface area contributed by atoms with Crippen molar-refractivity contribution in [3.63, 3.8) is 0 Å². The number of ether oxygens (including phenoxy) is 1. The van der Waals surface area contributed by atoms with Gasteiger partial charge in [0.25, 0.3) is 5.91 Å². The number of hydrogen-bond donors (Lipinski definition) is 2. The SMILES string of the molecule is CCCCOCCCNC(=O)c1ccc(C#CCN)s1. The van der Waals surface area contributed by atoms with Crippen LogP contribution in [-0.4, -0.2) is 32.2 Å². The maximum absolute atomic E-state index is 11.9. The van der Waals surface area contributed by atoms with Gasteiger partial charge in [0, 0.05) is 19.8 Å². The molecular formula is C15H22N2O2S. The maximum Gasteiger partial charge on any atom is 0.261 e. The molecule has 1 amide bonds. The fraction of sp³-hybridized carbons (Fsp3) is 0.533. The molecule has 0 aromatic carbocycles. The second-order valence-corrected chi connectivity index (χ2v) is 5.33. The molecule has 0 saturated heterocycles. The molecular weight excluding hydrogens is 272 g/mol. The fourth-order valence-corrected chi connectivity index (χ4v) is 2.27. The van der Waals surface area contributed by atoms with E-state index in [0.717, 1.165) is 30.7 Å². The van der Waals surface area contributed by atoms with Gasteiger partial charge in [-0.15, -0.1) is 11.3 Å². The van der Waals surface area contributed by atoms with Crippen LogP contribution in [0, 0.1) is 11.8 Å². The van der Waals surface area contributed by atoms with Gasteiger partial charge in [-0.1, -0.05) is 25.2 Å². The molecule has 0 atom stereocenters.